The van der Waals surface area contributed by atoms with Crippen LogP contribution in [0.2, 0.25) is 0 Å². The molecule has 2 aromatic rings. The normalized spacial score (nSPS) is 10.6. The molecule has 0 fully saturated rings. The Hall–Kier alpha value is -1.20. The predicted molar refractivity (Wildman–Crippen MR) is 72.8 cm³/mol. The number of hydrogen-bond acceptors (Lipinski definition) is 4. The molecular weight excluding hydrogens is 269 g/mol. The van der Waals surface area contributed by atoms with E-state index in [2.05, 4.69) is 4.98 Å². The second kappa shape index (κ2) is 5.63. The van der Waals surface area contributed by atoms with Crippen LogP contribution in [-0.2, 0) is 5.75 Å². The van der Waals surface area contributed by atoms with Gasteiger partial charge in [-0.1, -0.05) is 6.07 Å². The highest BCUT2D eigenvalue weighted by Gasteiger charge is 2.11. The van der Waals surface area contributed by atoms with Gasteiger partial charge in [0.1, 0.15) is 10.8 Å². The Kier molecular flexibility index (Phi) is 4.14. The summed E-state index contributed by atoms with van der Waals surface area (Å²) < 4.78 is 13.0. The van der Waals surface area contributed by atoms with Gasteiger partial charge in [0, 0.05) is 11.8 Å². The number of carbonyl (C=O) groups excluding carboxylic acids is 1. The quantitative estimate of drug-likeness (QED) is 0.624. The van der Waals surface area contributed by atoms with Gasteiger partial charge in [-0.25, -0.2) is 9.37 Å². The summed E-state index contributed by atoms with van der Waals surface area (Å²) in [6.07, 6.45) is 0. The molecule has 0 aliphatic carbocycles. The van der Waals surface area contributed by atoms with Gasteiger partial charge in [-0.2, -0.15) is 0 Å². The van der Waals surface area contributed by atoms with Gasteiger partial charge in [-0.05, 0) is 25.1 Å². The van der Waals surface area contributed by atoms with Crippen LogP contribution < -0.4 is 0 Å². The van der Waals surface area contributed by atoms with Crippen LogP contribution in [0.1, 0.15) is 27.3 Å². The zero-order chi connectivity index (χ0) is 13.1. The zero-order valence-corrected chi connectivity index (χ0v) is 11.7. The zero-order valence-electron chi connectivity index (χ0n) is 10.1. The van der Waals surface area contributed by atoms with Gasteiger partial charge < -0.3 is 0 Å². The first-order valence-corrected chi connectivity index (χ1v) is 7.22. The van der Waals surface area contributed by atoms with Crippen LogP contribution in [0, 0.1) is 12.7 Å². The summed E-state index contributed by atoms with van der Waals surface area (Å²) in [4.78, 5) is 17.2. The maximum Gasteiger partial charge on any atom is 0.171 e. The summed E-state index contributed by atoms with van der Waals surface area (Å²) in [5.74, 6) is 0.467. The first-order valence-electron chi connectivity index (χ1n) is 5.42. The molecule has 0 saturated carbocycles. The molecule has 0 N–H and O–H groups in total. The monoisotopic (exact) mass is 281 g/mol. The maximum absolute atomic E-state index is 13.0. The van der Waals surface area contributed by atoms with Gasteiger partial charge in [-0.15, -0.1) is 23.1 Å². The van der Waals surface area contributed by atoms with Crippen molar-refractivity contribution in [2.45, 2.75) is 24.5 Å². The topological polar surface area (TPSA) is 30.0 Å². The fourth-order valence-electron chi connectivity index (χ4n) is 1.54. The van der Waals surface area contributed by atoms with E-state index in [1.54, 1.807) is 13.0 Å². The summed E-state index contributed by atoms with van der Waals surface area (Å²) >= 11 is 2.93. The number of ketones is 1. The molecule has 0 atom stereocenters. The van der Waals surface area contributed by atoms with Gasteiger partial charge in [0.25, 0.3) is 0 Å². The third-order valence-electron chi connectivity index (χ3n) is 2.32. The average Bonchev–Trinajstić information content (AvgIpc) is 2.68. The molecule has 18 heavy (non-hydrogen) atoms. The Bertz CT molecular complexity index is 580. The molecular formula is C13H12FNOS2. The fourth-order valence-corrected chi connectivity index (χ4v) is 3.44. The Morgan fingerprint density at radius 3 is 2.89 bits per heavy atom. The third kappa shape index (κ3) is 3.17. The van der Waals surface area contributed by atoms with E-state index in [0.717, 1.165) is 15.6 Å². The Balaban J connectivity index is 2.06. The molecule has 0 amide bonds. The van der Waals surface area contributed by atoms with E-state index < -0.39 is 0 Å². The summed E-state index contributed by atoms with van der Waals surface area (Å²) in [6.45, 7) is 3.38. The number of halogens is 1. The van der Waals surface area contributed by atoms with Crippen molar-refractivity contribution in [3.63, 3.8) is 0 Å². The van der Waals surface area contributed by atoms with Crippen molar-refractivity contribution in [1.82, 2.24) is 4.98 Å². The van der Waals surface area contributed by atoms with Crippen molar-refractivity contribution < 1.29 is 9.18 Å². The highest BCUT2D eigenvalue weighted by Crippen LogP contribution is 2.27. The molecule has 1 aromatic heterocycles. The molecule has 0 aliphatic heterocycles. The number of hydrogen-bond donors (Lipinski definition) is 0. The smallest absolute Gasteiger partial charge is 0.171 e. The summed E-state index contributed by atoms with van der Waals surface area (Å²) in [6, 6.07) is 6.47. The number of thiazole rings is 1. The minimum atomic E-state index is -0.236. The first-order chi connectivity index (χ1) is 8.56. The molecule has 0 bridgehead atoms. The van der Waals surface area contributed by atoms with Gasteiger partial charge in [-0.3, -0.25) is 4.79 Å². The lowest BCUT2D eigenvalue weighted by atomic mass is 10.3. The Labute approximate surface area is 113 Å². The van der Waals surface area contributed by atoms with Crippen LogP contribution in [0.4, 0.5) is 4.39 Å². The number of thioether (sulfide) groups is 1. The van der Waals surface area contributed by atoms with Crippen molar-refractivity contribution in [2.75, 3.05) is 0 Å². The highest BCUT2D eigenvalue weighted by molar-refractivity contribution is 7.98. The summed E-state index contributed by atoms with van der Waals surface area (Å²) in [5.41, 5.74) is 0.780. The van der Waals surface area contributed by atoms with E-state index in [1.807, 2.05) is 13.0 Å². The van der Waals surface area contributed by atoms with Gasteiger partial charge in [0.15, 0.2) is 5.78 Å². The number of carbonyl (C=O) groups is 1. The molecule has 0 spiro atoms. The van der Waals surface area contributed by atoms with Crippen LogP contribution in [0.5, 0.6) is 0 Å². The van der Waals surface area contributed by atoms with Crippen molar-refractivity contribution in [2.24, 2.45) is 0 Å². The minimum absolute atomic E-state index is 0.0482. The van der Waals surface area contributed by atoms with Crippen molar-refractivity contribution >= 4 is 28.9 Å². The second-order valence-corrected chi connectivity index (χ2v) is 5.96. The van der Waals surface area contributed by atoms with E-state index in [-0.39, 0.29) is 11.6 Å². The number of aromatic nitrogens is 1. The maximum atomic E-state index is 13.0. The summed E-state index contributed by atoms with van der Waals surface area (Å²) in [7, 11) is 0. The standard InChI is InChI=1S/C13H12FNOS2/c1-8-13(9(2)16)18-12(15-8)7-17-11-5-3-4-10(14)6-11/h3-6H,7H2,1-2H3. The van der Waals surface area contributed by atoms with E-state index >= 15 is 0 Å². The summed E-state index contributed by atoms with van der Waals surface area (Å²) in [5, 5.41) is 0.895. The Morgan fingerprint density at radius 2 is 2.28 bits per heavy atom. The molecule has 1 aromatic carbocycles. The van der Waals surface area contributed by atoms with Crippen LogP contribution in [0.15, 0.2) is 29.2 Å². The van der Waals surface area contributed by atoms with Crippen LogP contribution in [0.3, 0.4) is 0 Å². The van der Waals surface area contributed by atoms with Crippen LogP contribution in [-0.4, -0.2) is 10.8 Å². The van der Waals surface area contributed by atoms with E-state index in [4.69, 9.17) is 0 Å². The average molecular weight is 281 g/mol. The molecule has 2 nitrogen and oxygen atoms in total. The lowest BCUT2D eigenvalue weighted by Gasteiger charge is -1.98. The predicted octanol–water partition coefficient (Wildman–Crippen LogP) is 4.09. The van der Waals surface area contributed by atoms with E-state index in [0.29, 0.717) is 10.6 Å². The molecule has 2 rings (SSSR count). The van der Waals surface area contributed by atoms with E-state index in [9.17, 15) is 9.18 Å². The molecule has 1 heterocycles. The minimum Gasteiger partial charge on any atom is -0.294 e. The molecule has 0 unspecified atom stereocenters. The van der Waals surface area contributed by atoms with E-state index in [1.165, 1.54) is 35.2 Å². The number of rotatable bonds is 4. The number of benzene rings is 1. The van der Waals surface area contributed by atoms with Crippen LogP contribution >= 0.6 is 23.1 Å². The van der Waals surface area contributed by atoms with Gasteiger partial charge in [0.05, 0.1) is 16.3 Å². The van der Waals surface area contributed by atoms with Crippen molar-refractivity contribution in [3.05, 3.63) is 45.7 Å². The van der Waals surface area contributed by atoms with Crippen molar-refractivity contribution in [1.29, 1.82) is 0 Å². The first kappa shape index (κ1) is 13.2. The van der Waals surface area contributed by atoms with Gasteiger partial charge in [0.2, 0.25) is 0 Å². The molecule has 94 valence electrons. The number of nitrogens with zero attached hydrogens (tertiary/aromatic N) is 1. The number of aryl methyl sites for hydroxylation is 1. The van der Waals surface area contributed by atoms with Crippen molar-refractivity contribution in [3.8, 4) is 0 Å². The third-order valence-corrected chi connectivity index (χ3v) is 4.77. The molecule has 0 aliphatic rings. The molecule has 0 radical (unpaired) electrons. The fraction of sp³-hybridized carbons (Fsp3) is 0.231. The van der Waals surface area contributed by atoms with Crippen LogP contribution in [0.25, 0.3) is 0 Å². The largest absolute Gasteiger partial charge is 0.294 e. The molecule has 5 heteroatoms. The molecule has 0 saturated heterocycles. The van der Waals surface area contributed by atoms with Gasteiger partial charge >= 0.3 is 0 Å². The number of Topliss-reactive ketones (excluding diaryl/α,β-unsaturated/α-hetero) is 1. The lowest BCUT2D eigenvalue weighted by Crippen LogP contribution is -1.89. The SMILES string of the molecule is CC(=O)c1sc(CSc2cccc(F)c2)nc1C. The highest BCUT2D eigenvalue weighted by atomic mass is 32.2. The second-order valence-electron chi connectivity index (χ2n) is 3.82. The lowest BCUT2D eigenvalue weighted by molar-refractivity contribution is 0.102. The Morgan fingerprint density at radius 1 is 1.50 bits per heavy atom.